The highest BCUT2D eigenvalue weighted by Gasteiger charge is 2.37. The van der Waals surface area contributed by atoms with Gasteiger partial charge in [0.25, 0.3) is 0 Å². The second kappa shape index (κ2) is 7.34. The summed E-state index contributed by atoms with van der Waals surface area (Å²) >= 11 is 0. The van der Waals surface area contributed by atoms with Crippen molar-refractivity contribution in [1.29, 1.82) is 0 Å². The number of amides is 2. The smallest absolute Gasteiger partial charge is 0.243 e. The van der Waals surface area contributed by atoms with Crippen LogP contribution in [0.3, 0.4) is 0 Å². The third kappa shape index (κ3) is 4.35. The lowest BCUT2D eigenvalue weighted by atomic mass is 9.74. The largest absolute Gasteiger partial charge is 0.347 e. The van der Waals surface area contributed by atoms with E-state index in [-0.39, 0.29) is 24.3 Å². The zero-order valence-corrected chi connectivity index (χ0v) is 15.2. The third-order valence-corrected chi connectivity index (χ3v) is 4.94. The summed E-state index contributed by atoms with van der Waals surface area (Å²) in [5, 5.41) is 5.65. The third-order valence-electron chi connectivity index (χ3n) is 4.94. The van der Waals surface area contributed by atoms with Crippen LogP contribution in [0, 0.1) is 26.7 Å². The maximum atomic E-state index is 12.4. The molecule has 0 spiro atoms. The number of nitrogens with one attached hydrogen (secondary N) is 2. The van der Waals surface area contributed by atoms with Crippen LogP contribution < -0.4 is 16.4 Å². The molecule has 2 unspecified atom stereocenters. The molecule has 5 nitrogen and oxygen atoms in total. The van der Waals surface area contributed by atoms with Gasteiger partial charge in [-0.05, 0) is 51.7 Å². The molecule has 5 heteroatoms. The second-order valence-corrected chi connectivity index (χ2v) is 7.34. The number of anilines is 1. The van der Waals surface area contributed by atoms with Gasteiger partial charge in [-0.2, -0.15) is 0 Å². The van der Waals surface area contributed by atoms with Gasteiger partial charge in [0.15, 0.2) is 0 Å². The molecule has 1 aliphatic carbocycles. The van der Waals surface area contributed by atoms with Crippen molar-refractivity contribution < 1.29 is 9.59 Å². The molecule has 132 valence electrons. The normalized spacial score (nSPS) is 23.6. The van der Waals surface area contributed by atoms with Gasteiger partial charge in [0.05, 0.1) is 12.5 Å². The van der Waals surface area contributed by atoms with E-state index in [9.17, 15) is 9.59 Å². The van der Waals surface area contributed by atoms with Gasteiger partial charge in [0.2, 0.25) is 11.8 Å². The fourth-order valence-electron chi connectivity index (χ4n) is 3.64. The van der Waals surface area contributed by atoms with Gasteiger partial charge in [-0.15, -0.1) is 0 Å². The Kier molecular flexibility index (Phi) is 5.65. The molecule has 24 heavy (non-hydrogen) atoms. The maximum absolute atomic E-state index is 12.4. The van der Waals surface area contributed by atoms with Gasteiger partial charge < -0.3 is 16.4 Å². The minimum absolute atomic E-state index is 0.0296. The Bertz CT molecular complexity index is 614. The van der Waals surface area contributed by atoms with Crippen molar-refractivity contribution in [2.24, 2.45) is 11.7 Å². The molecular formula is C19H29N3O2. The van der Waals surface area contributed by atoms with Crippen LogP contribution in [0.2, 0.25) is 0 Å². The predicted octanol–water partition coefficient (Wildman–Crippen LogP) is 2.57. The van der Waals surface area contributed by atoms with Gasteiger partial charge in [0.1, 0.15) is 0 Å². The Morgan fingerprint density at radius 2 is 1.83 bits per heavy atom. The summed E-state index contributed by atoms with van der Waals surface area (Å²) in [5.41, 5.74) is 9.79. The van der Waals surface area contributed by atoms with Crippen molar-refractivity contribution in [3.63, 3.8) is 0 Å². The molecule has 0 aliphatic heterocycles. The Balaban J connectivity index is 1.93. The van der Waals surface area contributed by atoms with E-state index in [1.54, 1.807) is 0 Å². The quantitative estimate of drug-likeness (QED) is 0.793. The first-order valence-corrected chi connectivity index (χ1v) is 8.65. The van der Waals surface area contributed by atoms with E-state index < -0.39 is 5.54 Å². The number of hydrogen-bond acceptors (Lipinski definition) is 3. The van der Waals surface area contributed by atoms with Crippen LogP contribution >= 0.6 is 0 Å². The van der Waals surface area contributed by atoms with Crippen LogP contribution in [0.4, 0.5) is 5.69 Å². The molecule has 4 N–H and O–H groups in total. The molecule has 2 rings (SSSR count). The monoisotopic (exact) mass is 331 g/mol. The van der Waals surface area contributed by atoms with E-state index in [4.69, 9.17) is 5.73 Å². The molecule has 0 radical (unpaired) electrons. The summed E-state index contributed by atoms with van der Waals surface area (Å²) < 4.78 is 0. The summed E-state index contributed by atoms with van der Waals surface area (Å²) in [5.74, 6) is -0.554. The molecule has 0 aromatic heterocycles. The number of aryl methyl sites for hydroxylation is 3. The van der Waals surface area contributed by atoms with Crippen molar-refractivity contribution in [1.82, 2.24) is 5.32 Å². The summed E-state index contributed by atoms with van der Waals surface area (Å²) in [7, 11) is 0. The van der Waals surface area contributed by atoms with E-state index in [2.05, 4.69) is 10.6 Å². The number of carbonyl (C=O) groups excluding carboxylic acids is 2. The Morgan fingerprint density at radius 1 is 1.21 bits per heavy atom. The van der Waals surface area contributed by atoms with Crippen molar-refractivity contribution in [3.8, 4) is 0 Å². The van der Waals surface area contributed by atoms with E-state index in [0.717, 1.165) is 48.1 Å². The minimum atomic E-state index is -0.483. The highest BCUT2D eigenvalue weighted by atomic mass is 16.2. The summed E-state index contributed by atoms with van der Waals surface area (Å²) in [6.07, 6.45) is 3.71. The van der Waals surface area contributed by atoms with E-state index in [0.29, 0.717) is 0 Å². The first-order chi connectivity index (χ1) is 11.2. The molecule has 1 aromatic rings. The second-order valence-electron chi connectivity index (χ2n) is 7.34. The number of benzene rings is 1. The van der Waals surface area contributed by atoms with E-state index in [1.807, 2.05) is 39.8 Å². The number of nitrogens with two attached hydrogens (primary N) is 1. The van der Waals surface area contributed by atoms with Crippen LogP contribution in [-0.2, 0) is 9.59 Å². The molecular weight excluding hydrogens is 302 g/mol. The van der Waals surface area contributed by atoms with Crippen LogP contribution in [0.5, 0.6) is 0 Å². The first-order valence-electron chi connectivity index (χ1n) is 8.65. The molecule has 1 saturated carbocycles. The van der Waals surface area contributed by atoms with E-state index in [1.165, 1.54) is 0 Å². The molecule has 1 fully saturated rings. The zero-order valence-electron chi connectivity index (χ0n) is 15.2. The van der Waals surface area contributed by atoms with Crippen molar-refractivity contribution in [3.05, 3.63) is 28.8 Å². The highest BCUT2D eigenvalue weighted by molar-refractivity contribution is 5.96. The SMILES string of the molecule is Cc1cc(C)c(NC(=O)CNC(=O)C2CCCCC2(C)N)c(C)c1. The van der Waals surface area contributed by atoms with Crippen molar-refractivity contribution >= 4 is 17.5 Å². The van der Waals surface area contributed by atoms with Crippen LogP contribution in [0.15, 0.2) is 12.1 Å². The molecule has 0 saturated heterocycles. The van der Waals surface area contributed by atoms with E-state index >= 15 is 0 Å². The first kappa shape index (κ1) is 18.5. The van der Waals surface area contributed by atoms with Gasteiger partial charge in [0, 0.05) is 11.2 Å². The average Bonchev–Trinajstić information content (AvgIpc) is 2.48. The molecule has 0 bridgehead atoms. The lowest BCUT2D eigenvalue weighted by Crippen LogP contribution is -2.53. The van der Waals surface area contributed by atoms with Gasteiger partial charge in [-0.1, -0.05) is 30.5 Å². The van der Waals surface area contributed by atoms with Crippen LogP contribution in [0.25, 0.3) is 0 Å². The van der Waals surface area contributed by atoms with Crippen LogP contribution in [-0.4, -0.2) is 23.9 Å². The lowest BCUT2D eigenvalue weighted by Gasteiger charge is -2.37. The number of rotatable bonds is 4. The minimum Gasteiger partial charge on any atom is -0.347 e. The standard InChI is InChI=1S/C19H29N3O2/c1-12-9-13(2)17(14(3)10-12)22-16(23)11-21-18(24)15-7-5-6-8-19(15,4)20/h9-10,15H,5-8,11,20H2,1-4H3,(H,21,24)(H,22,23). The molecule has 2 atom stereocenters. The molecule has 1 aliphatic rings. The van der Waals surface area contributed by atoms with Gasteiger partial charge >= 0.3 is 0 Å². The maximum Gasteiger partial charge on any atom is 0.243 e. The Morgan fingerprint density at radius 3 is 2.42 bits per heavy atom. The summed E-state index contributed by atoms with van der Waals surface area (Å²) in [4.78, 5) is 24.6. The topological polar surface area (TPSA) is 84.2 Å². The molecule has 1 aromatic carbocycles. The van der Waals surface area contributed by atoms with Crippen LogP contribution in [0.1, 0.15) is 49.3 Å². The van der Waals surface area contributed by atoms with Gasteiger partial charge in [-0.3, -0.25) is 9.59 Å². The Labute approximate surface area is 144 Å². The molecule has 2 amide bonds. The molecule has 0 heterocycles. The van der Waals surface area contributed by atoms with Crippen molar-refractivity contribution in [2.75, 3.05) is 11.9 Å². The van der Waals surface area contributed by atoms with Crippen molar-refractivity contribution in [2.45, 2.75) is 58.9 Å². The average molecular weight is 331 g/mol. The fourth-order valence-corrected chi connectivity index (χ4v) is 3.64. The predicted molar refractivity (Wildman–Crippen MR) is 96.8 cm³/mol. The zero-order chi connectivity index (χ0) is 17.9. The number of hydrogen-bond donors (Lipinski definition) is 3. The summed E-state index contributed by atoms with van der Waals surface area (Å²) in [6.45, 7) is 7.86. The highest BCUT2D eigenvalue weighted by Crippen LogP contribution is 2.31. The lowest BCUT2D eigenvalue weighted by molar-refractivity contribution is -0.130. The number of carbonyl (C=O) groups is 2. The fraction of sp³-hybridized carbons (Fsp3) is 0.579. The Hall–Kier alpha value is -1.88. The van der Waals surface area contributed by atoms with Gasteiger partial charge in [-0.25, -0.2) is 0 Å². The summed E-state index contributed by atoms with van der Waals surface area (Å²) in [6, 6.07) is 4.06.